The minimum atomic E-state index is -0.192. The summed E-state index contributed by atoms with van der Waals surface area (Å²) in [5.74, 6) is 0.332. The van der Waals surface area contributed by atoms with E-state index in [4.69, 9.17) is 4.74 Å². The van der Waals surface area contributed by atoms with Gasteiger partial charge >= 0.3 is 0 Å². The molecule has 0 bridgehead atoms. The lowest BCUT2D eigenvalue weighted by Crippen LogP contribution is -2.16. The Bertz CT molecular complexity index is 989. The van der Waals surface area contributed by atoms with Gasteiger partial charge in [-0.05, 0) is 23.8 Å². The minimum Gasteiger partial charge on any atom is -0.495 e. The average molecular weight is 410 g/mol. The summed E-state index contributed by atoms with van der Waals surface area (Å²) in [4.78, 5) is 28.1. The summed E-state index contributed by atoms with van der Waals surface area (Å²) in [7, 11) is 1.53. The molecule has 1 aromatic heterocycles. The number of benzene rings is 2. The lowest BCUT2D eigenvalue weighted by Gasteiger charge is -2.12. The molecule has 3 rings (SSSR count). The number of imidazole rings is 1. The lowest BCUT2D eigenvalue weighted by atomic mass is 10.2. The van der Waals surface area contributed by atoms with Gasteiger partial charge in [0.25, 0.3) is 0 Å². The van der Waals surface area contributed by atoms with Crippen molar-refractivity contribution < 1.29 is 14.3 Å². The molecule has 2 aromatic carbocycles. The van der Waals surface area contributed by atoms with Crippen molar-refractivity contribution in [3.8, 4) is 5.75 Å². The third-order valence-electron chi connectivity index (χ3n) is 4.00. The van der Waals surface area contributed by atoms with E-state index in [2.05, 4.69) is 27.8 Å². The summed E-state index contributed by atoms with van der Waals surface area (Å²) in [5, 5.41) is 6.29. The van der Waals surface area contributed by atoms with E-state index in [0.29, 0.717) is 23.7 Å². The zero-order valence-electron chi connectivity index (χ0n) is 16.2. The van der Waals surface area contributed by atoms with E-state index in [1.807, 2.05) is 29.0 Å². The van der Waals surface area contributed by atoms with E-state index in [-0.39, 0.29) is 17.6 Å². The third-order valence-corrected chi connectivity index (χ3v) is 5.00. The van der Waals surface area contributed by atoms with Gasteiger partial charge in [-0.15, -0.1) is 0 Å². The second-order valence-corrected chi connectivity index (χ2v) is 7.20. The topological polar surface area (TPSA) is 85.2 Å². The number of nitrogens with zero attached hydrogens (tertiary/aromatic N) is 2. The van der Waals surface area contributed by atoms with Gasteiger partial charge in [0.15, 0.2) is 5.16 Å². The molecule has 0 radical (unpaired) electrons. The van der Waals surface area contributed by atoms with E-state index in [1.165, 1.54) is 25.8 Å². The number of carbonyl (C=O) groups excluding carboxylic acids is 2. The molecule has 0 aliphatic rings. The Hall–Kier alpha value is -3.26. The molecule has 150 valence electrons. The van der Waals surface area contributed by atoms with Crippen molar-refractivity contribution in [2.75, 3.05) is 23.5 Å². The Morgan fingerprint density at radius 1 is 1.14 bits per heavy atom. The fourth-order valence-electron chi connectivity index (χ4n) is 2.74. The van der Waals surface area contributed by atoms with Crippen molar-refractivity contribution in [1.82, 2.24) is 9.55 Å². The van der Waals surface area contributed by atoms with Crippen molar-refractivity contribution in [2.45, 2.75) is 18.6 Å². The molecule has 3 aromatic rings. The van der Waals surface area contributed by atoms with Crippen molar-refractivity contribution in [1.29, 1.82) is 0 Å². The fourth-order valence-corrected chi connectivity index (χ4v) is 3.50. The quantitative estimate of drug-likeness (QED) is 0.554. The van der Waals surface area contributed by atoms with Gasteiger partial charge in [0.2, 0.25) is 11.8 Å². The monoisotopic (exact) mass is 410 g/mol. The largest absolute Gasteiger partial charge is 0.495 e. The molecule has 0 aliphatic heterocycles. The number of hydrogen-bond acceptors (Lipinski definition) is 5. The van der Waals surface area contributed by atoms with Crippen LogP contribution in [0.25, 0.3) is 0 Å². The zero-order chi connectivity index (χ0) is 20.6. The Morgan fingerprint density at radius 2 is 1.93 bits per heavy atom. The first-order valence-electron chi connectivity index (χ1n) is 8.98. The minimum absolute atomic E-state index is 0.187. The van der Waals surface area contributed by atoms with Crippen LogP contribution in [0.1, 0.15) is 12.5 Å². The smallest absolute Gasteiger partial charge is 0.234 e. The highest BCUT2D eigenvalue weighted by atomic mass is 32.2. The van der Waals surface area contributed by atoms with Crippen LogP contribution in [-0.2, 0) is 16.1 Å². The summed E-state index contributed by atoms with van der Waals surface area (Å²) in [6, 6.07) is 15.1. The highest BCUT2D eigenvalue weighted by Crippen LogP contribution is 2.28. The van der Waals surface area contributed by atoms with E-state index in [0.717, 1.165) is 10.7 Å². The molecule has 2 amide bonds. The highest BCUT2D eigenvalue weighted by molar-refractivity contribution is 7.99. The lowest BCUT2D eigenvalue weighted by molar-refractivity contribution is -0.114. The maximum atomic E-state index is 12.5. The van der Waals surface area contributed by atoms with Gasteiger partial charge < -0.3 is 19.9 Å². The molecule has 0 spiro atoms. The predicted octanol–water partition coefficient (Wildman–Crippen LogP) is 3.63. The molecular weight excluding hydrogens is 388 g/mol. The number of rotatable bonds is 8. The molecule has 8 heteroatoms. The first-order valence-corrected chi connectivity index (χ1v) is 9.97. The number of carbonyl (C=O) groups is 2. The molecular formula is C21H22N4O3S. The molecule has 7 nitrogen and oxygen atoms in total. The molecule has 0 fully saturated rings. The second-order valence-electron chi connectivity index (χ2n) is 6.26. The average Bonchev–Trinajstić information content (AvgIpc) is 3.14. The number of anilines is 2. The van der Waals surface area contributed by atoms with Crippen LogP contribution in [0.5, 0.6) is 5.75 Å². The van der Waals surface area contributed by atoms with Crippen LogP contribution < -0.4 is 15.4 Å². The third kappa shape index (κ3) is 5.86. The summed E-state index contributed by atoms with van der Waals surface area (Å²) in [5.41, 5.74) is 2.24. The van der Waals surface area contributed by atoms with Crippen molar-refractivity contribution >= 4 is 35.0 Å². The number of aromatic nitrogens is 2. The highest BCUT2D eigenvalue weighted by Gasteiger charge is 2.12. The van der Waals surface area contributed by atoms with Crippen LogP contribution in [0.3, 0.4) is 0 Å². The predicted molar refractivity (Wildman–Crippen MR) is 114 cm³/mol. The Labute approximate surface area is 173 Å². The Morgan fingerprint density at radius 3 is 2.66 bits per heavy atom. The van der Waals surface area contributed by atoms with Crippen LogP contribution in [0.4, 0.5) is 11.4 Å². The van der Waals surface area contributed by atoms with Crippen LogP contribution in [0.15, 0.2) is 66.1 Å². The standard InChI is InChI=1S/C21H22N4O3S/c1-15(26)23-17-8-9-19(28-2)18(12-17)24-20(27)14-29-21-22-10-11-25(21)13-16-6-4-3-5-7-16/h3-12H,13-14H2,1-2H3,(H,23,26)(H,24,27). The molecule has 0 aliphatic carbocycles. The van der Waals surface area contributed by atoms with Gasteiger partial charge in [-0.1, -0.05) is 42.1 Å². The van der Waals surface area contributed by atoms with Gasteiger partial charge in [0.1, 0.15) is 5.75 Å². The Kier molecular flexibility index (Phi) is 6.91. The summed E-state index contributed by atoms with van der Waals surface area (Å²) in [6.07, 6.45) is 3.62. The van der Waals surface area contributed by atoms with E-state index < -0.39 is 0 Å². The van der Waals surface area contributed by atoms with Crippen LogP contribution in [0.2, 0.25) is 0 Å². The number of hydrogen-bond donors (Lipinski definition) is 2. The molecule has 29 heavy (non-hydrogen) atoms. The summed E-state index contributed by atoms with van der Waals surface area (Å²) in [6.45, 7) is 2.12. The maximum Gasteiger partial charge on any atom is 0.234 e. The molecule has 0 saturated heterocycles. The maximum absolute atomic E-state index is 12.5. The van der Waals surface area contributed by atoms with E-state index >= 15 is 0 Å². The summed E-state index contributed by atoms with van der Waals surface area (Å²) >= 11 is 1.36. The van der Waals surface area contributed by atoms with Crippen LogP contribution in [-0.4, -0.2) is 34.2 Å². The van der Waals surface area contributed by atoms with Gasteiger partial charge in [-0.2, -0.15) is 0 Å². The zero-order valence-corrected chi connectivity index (χ0v) is 17.0. The molecule has 2 N–H and O–H groups in total. The Balaban J connectivity index is 1.62. The first kappa shape index (κ1) is 20.5. The molecule has 1 heterocycles. The van der Waals surface area contributed by atoms with Crippen LogP contribution >= 0.6 is 11.8 Å². The number of nitrogens with one attached hydrogen (secondary N) is 2. The molecule has 0 atom stereocenters. The normalized spacial score (nSPS) is 10.4. The van der Waals surface area contributed by atoms with Crippen molar-refractivity contribution in [2.24, 2.45) is 0 Å². The first-order chi connectivity index (χ1) is 14.0. The van der Waals surface area contributed by atoms with Gasteiger partial charge in [0, 0.05) is 31.5 Å². The van der Waals surface area contributed by atoms with Gasteiger partial charge in [-0.3, -0.25) is 9.59 Å². The second kappa shape index (κ2) is 9.79. The SMILES string of the molecule is COc1ccc(NC(C)=O)cc1NC(=O)CSc1nccn1Cc1ccccc1. The number of thioether (sulfide) groups is 1. The molecule has 0 unspecified atom stereocenters. The molecule has 0 saturated carbocycles. The van der Waals surface area contributed by atoms with E-state index in [1.54, 1.807) is 24.4 Å². The van der Waals surface area contributed by atoms with E-state index in [9.17, 15) is 9.59 Å². The van der Waals surface area contributed by atoms with Crippen LogP contribution in [0, 0.1) is 0 Å². The fraction of sp³-hybridized carbons (Fsp3) is 0.190. The number of methoxy groups -OCH3 is 1. The number of ether oxygens (including phenoxy) is 1. The van der Waals surface area contributed by atoms with Crippen molar-refractivity contribution in [3.63, 3.8) is 0 Å². The summed E-state index contributed by atoms with van der Waals surface area (Å²) < 4.78 is 7.30. The van der Waals surface area contributed by atoms with Crippen molar-refractivity contribution in [3.05, 3.63) is 66.5 Å². The van der Waals surface area contributed by atoms with Gasteiger partial charge in [-0.25, -0.2) is 4.98 Å². The number of amides is 2. The van der Waals surface area contributed by atoms with Gasteiger partial charge in [0.05, 0.1) is 18.6 Å².